The summed E-state index contributed by atoms with van der Waals surface area (Å²) in [4.78, 5) is 4.71. The van der Waals surface area contributed by atoms with Gasteiger partial charge >= 0.3 is 0 Å². The molecule has 2 heterocycles. The Bertz CT molecular complexity index is 862. The topological polar surface area (TPSA) is 29.3 Å². The lowest BCUT2D eigenvalue weighted by atomic mass is 9.95. The van der Waals surface area contributed by atoms with Crippen molar-refractivity contribution in [3.8, 4) is 11.3 Å². The van der Waals surface area contributed by atoms with Gasteiger partial charge in [0.25, 0.3) is 0 Å². The normalized spacial score (nSPS) is 15.8. The molecule has 4 heteroatoms. The number of nitrogens with zero attached hydrogens (tertiary/aromatic N) is 2. The summed E-state index contributed by atoms with van der Waals surface area (Å²) in [5, 5.41) is 3.66. The van der Waals surface area contributed by atoms with Crippen LogP contribution in [0.4, 0.5) is 10.2 Å². The Morgan fingerprint density at radius 3 is 2.67 bits per heavy atom. The lowest BCUT2D eigenvalue weighted by Gasteiger charge is -2.24. The lowest BCUT2D eigenvalue weighted by Crippen LogP contribution is -2.23. The molecular formula is C20H22FN3. The Hall–Kier alpha value is -2.36. The molecule has 24 heavy (non-hydrogen) atoms. The van der Waals surface area contributed by atoms with Gasteiger partial charge in [-0.1, -0.05) is 37.5 Å². The number of aromatic nitrogens is 2. The molecule has 1 fully saturated rings. The molecule has 0 saturated heterocycles. The van der Waals surface area contributed by atoms with Crippen molar-refractivity contribution in [3.63, 3.8) is 0 Å². The Balaban J connectivity index is 1.85. The van der Waals surface area contributed by atoms with Crippen LogP contribution in [0.1, 0.15) is 37.7 Å². The van der Waals surface area contributed by atoms with Gasteiger partial charge in [-0.05, 0) is 43.5 Å². The number of nitrogens with one attached hydrogen (secondary N) is 1. The van der Waals surface area contributed by atoms with Crippen LogP contribution in [0, 0.1) is 12.7 Å². The van der Waals surface area contributed by atoms with Crippen molar-refractivity contribution >= 4 is 11.5 Å². The van der Waals surface area contributed by atoms with E-state index in [1.807, 2.05) is 18.2 Å². The fourth-order valence-electron chi connectivity index (χ4n) is 3.57. The van der Waals surface area contributed by atoms with E-state index in [-0.39, 0.29) is 5.82 Å². The molecule has 4 rings (SSSR count). The molecule has 0 radical (unpaired) electrons. The minimum absolute atomic E-state index is 0.232. The zero-order chi connectivity index (χ0) is 16.5. The fraction of sp³-hybridized carbons (Fsp3) is 0.350. The highest BCUT2D eigenvalue weighted by Gasteiger charge is 2.21. The minimum atomic E-state index is -0.232. The average Bonchev–Trinajstić information content (AvgIpc) is 2.94. The van der Waals surface area contributed by atoms with Gasteiger partial charge < -0.3 is 5.32 Å². The minimum Gasteiger partial charge on any atom is -0.367 e. The van der Waals surface area contributed by atoms with Gasteiger partial charge in [0.15, 0.2) is 0 Å². The predicted molar refractivity (Wildman–Crippen MR) is 95.8 cm³/mol. The number of anilines is 1. The second-order valence-corrected chi connectivity index (χ2v) is 6.70. The van der Waals surface area contributed by atoms with Crippen LogP contribution >= 0.6 is 0 Å². The molecule has 1 N–H and O–H groups in total. The van der Waals surface area contributed by atoms with Crippen LogP contribution in [0.2, 0.25) is 0 Å². The molecule has 0 spiro atoms. The maximum Gasteiger partial charge on any atom is 0.139 e. The van der Waals surface area contributed by atoms with Crippen molar-refractivity contribution in [2.45, 2.75) is 45.1 Å². The van der Waals surface area contributed by atoms with Crippen LogP contribution in [0.25, 0.3) is 16.9 Å². The average molecular weight is 323 g/mol. The molecule has 1 aliphatic rings. The first-order valence-electron chi connectivity index (χ1n) is 8.72. The Morgan fingerprint density at radius 1 is 1.08 bits per heavy atom. The third kappa shape index (κ3) is 2.77. The monoisotopic (exact) mass is 323 g/mol. The summed E-state index contributed by atoms with van der Waals surface area (Å²) < 4.78 is 16.4. The van der Waals surface area contributed by atoms with Gasteiger partial charge in [0.05, 0.1) is 0 Å². The van der Waals surface area contributed by atoms with E-state index in [9.17, 15) is 4.39 Å². The van der Waals surface area contributed by atoms with Crippen LogP contribution in [-0.2, 0) is 0 Å². The maximum atomic E-state index is 14.4. The second kappa shape index (κ2) is 6.27. The van der Waals surface area contributed by atoms with E-state index in [0.717, 1.165) is 29.9 Å². The predicted octanol–water partition coefficient (Wildman–Crippen LogP) is 5.19. The summed E-state index contributed by atoms with van der Waals surface area (Å²) >= 11 is 0. The van der Waals surface area contributed by atoms with Gasteiger partial charge in [-0.3, -0.25) is 4.40 Å². The van der Waals surface area contributed by atoms with E-state index in [4.69, 9.17) is 4.98 Å². The van der Waals surface area contributed by atoms with E-state index in [2.05, 4.69) is 22.8 Å². The first kappa shape index (κ1) is 15.2. The third-order valence-electron chi connectivity index (χ3n) is 4.84. The molecule has 0 unspecified atom stereocenters. The maximum absolute atomic E-state index is 14.4. The first-order valence-corrected chi connectivity index (χ1v) is 8.72. The van der Waals surface area contributed by atoms with E-state index in [1.165, 1.54) is 25.3 Å². The van der Waals surface area contributed by atoms with Crippen LogP contribution < -0.4 is 5.32 Å². The van der Waals surface area contributed by atoms with E-state index < -0.39 is 0 Å². The van der Waals surface area contributed by atoms with Crippen LogP contribution in [0.15, 0.2) is 42.6 Å². The molecule has 2 aromatic heterocycles. The fourth-order valence-corrected chi connectivity index (χ4v) is 3.57. The second-order valence-electron chi connectivity index (χ2n) is 6.70. The van der Waals surface area contributed by atoms with Gasteiger partial charge in [0, 0.05) is 17.8 Å². The van der Waals surface area contributed by atoms with Crippen molar-refractivity contribution < 1.29 is 4.39 Å². The molecule has 1 aromatic carbocycles. The van der Waals surface area contributed by atoms with Crippen LogP contribution in [0.5, 0.6) is 0 Å². The molecule has 0 atom stereocenters. The third-order valence-corrected chi connectivity index (χ3v) is 4.84. The largest absolute Gasteiger partial charge is 0.367 e. The van der Waals surface area contributed by atoms with Crippen LogP contribution in [-0.4, -0.2) is 15.4 Å². The molecule has 3 nitrogen and oxygen atoms in total. The van der Waals surface area contributed by atoms with E-state index in [0.29, 0.717) is 17.3 Å². The molecular weight excluding hydrogens is 301 g/mol. The van der Waals surface area contributed by atoms with Gasteiger partial charge in [0.2, 0.25) is 0 Å². The van der Waals surface area contributed by atoms with Gasteiger partial charge in [0.1, 0.15) is 23.0 Å². The number of imidazole rings is 1. The van der Waals surface area contributed by atoms with Gasteiger partial charge in [-0.15, -0.1) is 0 Å². The molecule has 0 amide bonds. The number of fused-ring (bicyclic) bond motifs is 1. The highest BCUT2D eigenvalue weighted by atomic mass is 19.1. The van der Waals surface area contributed by atoms with Crippen molar-refractivity contribution in [1.29, 1.82) is 0 Å². The number of hydrogen-bond acceptors (Lipinski definition) is 2. The summed E-state index contributed by atoms with van der Waals surface area (Å²) in [5.41, 5.74) is 3.25. The zero-order valence-electron chi connectivity index (χ0n) is 13.9. The summed E-state index contributed by atoms with van der Waals surface area (Å²) in [6, 6.07) is 11.3. The molecule has 3 aromatic rings. The number of pyridine rings is 1. The van der Waals surface area contributed by atoms with Crippen LogP contribution in [0.3, 0.4) is 0 Å². The van der Waals surface area contributed by atoms with E-state index >= 15 is 0 Å². The summed E-state index contributed by atoms with van der Waals surface area (Å²) in [6.07, 6.45) is 8.21. The Kier molecular flexibility index (Phi) is 3.97. The first-order chi connectivity index (χ1) is 11.7. The number of aryl methyl sites for hydroxylation is 1. The lowest BCUT2D eigenvalue weighted by molar-refractivity contribution is 0.461. The number of hydrogen-bond donors (Lipinski definition) is 1. The van der Waals surface area contributed by atoms with Gasteiger partial charge in [-0.25, -0.2) is 9.37 Å². The number of rotatable bonds is 3. The van der Waals surface area contributed by atoms with Gasteiger partial charge in [-0.2, -0.15) is 0 Å². The molecule has 1 saturated carbocycles. The van der Waals surface area contributed by atoms with Crippen molar-refractivity contribution in [2.24, 2.45) is 0 Å². The quantitative estimate of drug-likeness (QED) is 0.718. The number of benzene rings is 1. The Labute approximate surface area is 141 Å². The standard InChI is InChI=1S/C20H22FN3/c1-14-11-12-18-23-19(16-9-5-6-10-17(16)21)20(24(18)13-14)22-15-7-3-2-4-8-15/h5-6,9-13,15,22H,2-4,7-8H2,1H3. The van der Waals surface area contributed by atoms with Crippen molar-refractivity contribution in [3.05, 3.63) is 54.0 Å². The summed E-state index contributed by atoms with van der Waals surface area (Å²) in [5.74, 6) is 0.676. The molecule has 0 aliphatic heterocycles. The highest BCUT2D eigenvalue weighted by Crippen LogP contribution is 2.33. The smallest absolute Gasteiger partial charge is 0.139 e. The van der Waals surface area contributed by atoms with E-state index in [1.54, 1.807) is 12.1 Å². The number of halogens is 1. The summed E-state index contributed by atoms with van der Waals surface area (Å²) in [6.45, 7) is 2.06. The summed E-state index contributed by atoms with van der Waals surface area (Å²) in [7, 11) is 0. The SMILES string of the molecule is Cc1ccc2nc(-c3ccccc3F)c(NC3CCCCC3)n2c1. The van der Waals surface area contributed by atoms with Crippen molar-refractivity contribution in [1.82, 2.24) is 9.38 Å². The Morgan fingerprint density at radius 2 is 1.88 bits per heavy atom. The molecule has 0 bridgehead atoms. The molecule has 124 valence electrons. The van der Waals surface area contributed by atoms with Crippen molar-refractivity contribution in [2.75, 3.05) is 5.32 Å². The zero-order valence-corrected chi connectivity index (χ0v) is 13.9. The molecule has 1 aliphatic carbocycles. The highest BCUT2D eigenvalue weighted by molar-refractivity contribution is 5.77.